The minimum absolute atomic E-state index is 0. The maximum Gasteiger partial charge on any atom is 1.00 e. The van der Waals surface area contributed by atoms with E-state index in [-0.39, 0.29) is 33.4 Å². The number of esters is 2. The molecular weight excluding hydrogens is 652 g/mol. The van der Waals surface area contributed by atoms with Gasteiger partial charge in [-0.2, -0.15) is 5.92 Å². The van der Waals surface area contributed by atoms with E-state index < -0.39 is 19.9 Å². The second-order valence-corrected chi connectivity index (χ2v) is 10.5. The van der Waals surface area contributed by atoms with Crippen LogP contribution in [0, 0.1) is 23.3 Å². The minimum atomic E-state index is -0.761. The molecule has 0 aliphatic rings. The van der Waals surface area contributed by atoms with E-state index in [1.807, 2.05) is 20.8 Å². The first-order valence-electron chi connectivity index (χ1n) is 11.0. The summed E-state index contributed by atoms with van der Waals surface area (Å²) < 4.78 is 8.84. The molecule has 4 nitrogen and oxygen atoms in total. The van der Waals surface area contributed by atoms with E-state index in [4.69, 9.17) is 0 Å². The zero-order valence-corrected chi connectivity index (χ0v) is 24.1. The van der Waals surface area contributed by atoms with Gasteiger partial charge in [0, 0.05) is 5.41 Å². The summed E-state index contributed by atoms with van der Waals surface area (Å²) in [5.74, 6) is 3.90. The molecule has 190 valence electrons. The van der Waals surface area contributed by atoms with Crippen LogP contribution in [0.5, 0.6) is 0 Å². The number of hydrogen-bond donors (Lipinski definition) is 0. The van der Waals surface area contributed by atoms with Gasteiger partial charge in [-0.3, -0.25) is 4.79 Å². The Morgan fingerprint density at radius 2 is 1.11 bits per heavy atom. The monoisotopic (exact) mass is 682 g/mol. The molecule has 0 aromatic heterocycles. The van der Waals surface area contributed by atoms with Crippen LogP contribution in [0.15, 0.2) is 96.6 Å². The third-order valence-electron chi connectivity index (χ3n) is 4.41. The molecular formula is C30H30AuO4P. The predicted octanol–water partition coefficient (Wildman–Crippen LogP) is 4.55. The van der Waals surface area contributed by atoms with Crippen molar-refractivity contribution in [3.05, 3.63) is 103 Å². The molecule has 0 saturated heterocycles. The molecule has 3 rings (SSSR count). The van der Waals surface area contributed by atoms with Crippen LogP contribution in [0.25, 0.3) is 0 Å². The fourth-order valence-corrected chi connectivity index (χ4v) is 5.12. The van der Waals surface area contributed by atoms with Crippen molar-refractivity contribution in [2.45, 2.75) is 20.8 Å². The Hall–Kier alpha value is -2.93. The van der Waals surface area contributed by atoms with Gasteiger partial charge in [0.05, 0.1) is 14.2 Å². The molecule has 0 fully saturated rings. The molecule has 0 spiro atoms. The summed E-state index contributed by atoms with van der Waals surface area (Å²) in [4.78, 5) is 22.2. The summed E-state index contributed by atoms with van der Waals surface area (Å²) in [6, 6.07) is 32.3. The van der Waals surface area contributed by atoms with E-state index in [1.54, 1.807) is 0 Å². The van der Waals surface area contributed by atoms with Gasteiger partial charge in [0.1, 0.15) is 0 Å². The summed E-state index contributed by atoms with van der Waals surface area (Å²) in [5.41, 5.74) is -0.416. The van der Waals surface area contributed by atoms with Crippen molar-refractivity contribution in [3.63, 3.8) is 0 Å². The van der Waals surface area contributed by atoms with Crippen LogP contribution in [0.2, 0.25) is 0 Å². The fraction of sp³-hybridized carbons (Fsp3) is 0.200. The van der Waals surface area contributed by atoms with E-state index in [0.717, 1.165) is 0 Å². The Balaban J connectivity index is 0.000000357. The number of carbonyl (C=O) groups excluding carboxylic acids is 2. The zero-order chi connectivity index (χ0) is 25.7. The molecule has 0 heterocycles. The maximum atomic E-state index is 11.2. The first kappa shape index (κ1) is 31.1. The number of carbonyl (C=O) groups is 2. The average molecular weight is 683 g/mol. The summed E-state index contributed by atoms with van der Waals surface area (Å²) >= 11 is 0. The number of ether oxygens (including phenoxy) is 2. The molecule has 0 amide bonds. The number of hydrogen-bond acceptors (Lipinski definition) is 4. The molecule has 0 bridgehead atoms. The van der Waals surface area contributed by atoms with Crippen molar-refractivity contribution >= 4 is 35.8 Å². The van der Waals surface area contributed by atoms with Crippen LogP contribution in [-0.4, -0.2) is 26.2 Å². The minimum Gasteiger partial charge on any atom is -0.522 e. The van der Waals surface area contributed by atoms with E-state index in [0.29, 0.717) is 0 Å². The Labute approximate surface area is 231 Å². The van der Waals surface area contributed by atoms with Gasteiger partial charge in [0.2, 0.25) is 5.97 Å². The second-order valence-electron chi connectivity index (χ2n) is 8.33. The predicted molar refractivity (Wildman–Crippen MR) is 143 cm³/mol. The molecule has 3 aromatic rings. The van der Waals surface area contributed by atoms with Gasteiger partial charge in [-0.1, -0.05) is 123 Å². The standard InChI is InChI=1S/C18H15P.C12H15O4.Au/c1-4-10-16(11-5-1)19(17-12-6-2-7-13-17)18-14-8-3-9-15-18;1-12(2,3)7-6-9(11(14)16-5)8-10(13)15-4;/h1-15H;1-5H3;/q;-1;+1. The normalized spacial score (nSPS) is 10.6. The Morgan fingerprint density at radius 1 is 0.722 bits per heavy atom. The molecule has 36 heavy (non-hydrogen) atoms. The number of methoxy groups -OCH3 is 2. The van der Waals surface area contributed by atoms with Crippen LogP contribution < -0.4 is 15.9 Å². The molecule has 0 radical (unpaired) electrons. The molecule has 0 aliphatic heterocycles. The Morgan fingerprint density at radius 3 is 1.42 bits per heavy atom. The van der Waals surface area contributed by atoms with Gasteiger partial charge in [-0.15, -0.1) is 0 Å². The topological polar surface area (TPSA) is 52.6 Å². The van der Waals surface area contributed by atoms with Crippen LogP contribution >= 0.6 is 7.92 Å². The van der Waals surface area contributed by atoms with Gasteiger partial charge < -0.3 is 14.3 Å². The van der Waals surface area contributed by atoms with Crippen LogP contribution in [0.3, 0.4) is 0 Å². The van der Waals surface area contributed by atoms with Gasteiger partial charge in [-0.25, -0.2) is 5.92 Å². The molecule has 0 saturated carbocycles. The zero-order valence-electron chi connectivity index (χ0n) is 21.0. The van der Waals surface area contributed by atoms with E-state index >= 15 is 0 Å². The molecule has 0 N–H and O–H groups in total. The molecule has 3 aromatic carbocycles. The molecule has 0 aliphatic carbocycles. The quantitative estimate of drug-likeness (QED) is 0.0991. The van der Waals surface area contributed by atoms with E-state index in [9.17, 15) is 9.59 Å². The van der Waals surface area contributed by atoms with Crippen molar-refractivity contribution in [2.75, 3.05) is 14.2 Å². The van der Waals surface area contributed by atoms with Crippen LogP contribution in [0.1, 0.15) is 20.8 Å². The summed E-state index contributed by atoms with van der Waals surface area (Å²) in [7, 11) is 1.96. The Bertz CT molecular complexity index is 1080. The van der Waals surface area contributed by atoms with Crippen LogP contribution in [-0.2, 0) is 41.4 Å². The first-order chi connectivity index (χ1) is 16.7. The largest absolute Gasteiger partial charge is 1.00 e. The Kier molecular flexibility index (Phi) is 13.8. The fourth-order valence-electron chi connectivity index (χ4n) is 2.82. The molecule has 0 unspecified atom stereocenters. The van der Waals surface area contributed by atoms with Crippen LogP contribution in [0.4, 0.5) is 0 Å². The van der Waals surface area contributed by atoms with Crippen molar-refractivity contribution < 1.29 is 41.4 Å². The molecule has 6 heteroatoms. The van der Waals surface area contributed by atoms with Crippen molar-refractivity contribution in [1.29, 1.82) is 0 Å². The van der Waals surface area contributed by atoms with E-state index in [1.165, 1.54) is 30.1 Å². The smallest absolute Gasteiger partial charge is 0.522 e. The summed E-state index contributed by atoms with van der Waals surface area (Å²) in [6.45, 7) is 5.65. The maximum absolute atomic E-state index is 11.2. The van der Waals surface area contributed by atoms with Crippen molar-refractivity contribution in [3.8, 4) is 11.8 Å². The third-order valence-corrected chi connectivity index (χ3v) is 6.85. The number of benzene rings is 3. The number of rotatable bonds is 5. The van der Waals surface area contributed by atoms with Crippen molar-refractivity contribution in [1.82, 2.24) is 0 Å². The SMILES string of the molecule is COC(=O)[C-]=C(C#CC(C)(C)C)C(=O)OC.[Au+].c1ccc(P(c2ccccc2)c2ccccc2)cc1. The summed E-state index contributed by atoms with van der Waals surface area (Å²) in [5, 5.41) is 4.19. The van der Waals surface area contributed by atoms with Crippen molar-refractivity contribution in [2.24, 2.45) is 5.41 Å². The van der Waals surface area contributed by atoms with E-state index in [2.05, 4.69) is 118 Å². The van der Waals surface area contributed by atoms with Gasteiger partial charge >= 0.3 is 22.4 Å². The van der Waals surface area contributed by atoms with Gasteiger partial charge in [-0.05, 0) is 23.8 Å². The first-order valence-corrected chi connectivity index (χ1v) is 12.4. The third kappa shape index (κ3) is 10.8. The second kappa shape index (κ2) is 15.9. The van der Waals surface area contributed by atoms with Gasteiger partial charge in [0.15, 0.2) is 0 Å². The average Bonchev–Trinajstić information content (AvgIpc) is 2.88. The van der Waals surface area contributed by atoms with Gasteiger partial charge in [0.25, 0.3) is 5.97 Å². The molecule has 0 atom stereocenters. The summed E-state index contributed by atoms with van der Waals surface area (Å²) in [6.07, 6.45) is 2.20.